The minimum atomic E-state index is -4.01. The van der Waals surface area contributed by atoms with Crippen LogP contribution in [0.3, 0.4) is 0 Å². The number of aromatic nitrogens is 1. The number of hydrogen-bond donors (Lipinski definition) is 0. The molecule has 0 aliphatic carbocycles. The Balaban J connectivity index is 1.64. The molecule has 0 spiro atoms. The van der Waals surface area contributed by atoms with Crippen molar-refractivity contribution in [3.8, 4) is 23.0 Å². The third kappa shape index (κ3) is 4.17. The Morgan fingerprint density at radius 3 is 2.42 bits per heavy atom. The molecule has 2 atom stereocenters. The van der Waals surface area contributed by atoms with Gasteiger partial charge >= 0.3 is 0 Å². The highest BCUT2D eigenvalue weighted by atomic mass is 35.5. The Kier molecular flexibility index (Phi) is 5.74. The summed E-state index contributed by atoms with van der Waals surface area (Å²) in [6.45, 7) is 6.48. The lowest BCUT2D eigenvalue weighted by atomic mass is 9.92. The van der Waals surface area contributed by atoms with Gasteiger partial charge in [-0.25, -0.2) is 8.42 Å². The van der Waals surface area contributed by atoms with E-state index in [1.54, 1.807) is 24.3 Å². The molecule has 2 unspecified atom stereocenters. The van der Waals surface area contributed by atoms with Crippen LogP contribution in [0.2, 0.25) is 5.02 Å². The normalized spacial score (nSPS) is 20.6. The molecule has 7 nitrogen and oxygen atoms in total. The van der Waals surface area contributed by atoms with Crippen molar-refractivity contribution < 1.29 is 22.3 Å². The molecular formula is C24H25ClN2O5S. The van der Waals surface area contributed by atoms with Crippen LogP contribution in [0.25, 0.3) is 11.5 Å². The van der Waals surface area contributed by atoms with Gasteiger partial charge in [-0.15, -0.1) is 0 Å². The number of ether oxygens (including phenoxy) is 2. The van der Waals surface area contributed by atoms with Crippen LogP contribution in [-0.2, 0) is 9.84 Å². The molecule has 0 radical (unpaired) electrons. The van der Waals surface area contributed by atoms with Crippen LogP contribution >= 0.6 is 11.6 Å². The predicted octanol–water partition coefficient (Wildman–Crippen LogP) is 5.08. The van der Waals surface area contributed by atoms with Gasteiger partial charge in [-0.3, -0.25) is 0 Å². The minimum Gasteiger partial charge on any atom is -0.486 e. The predicted molar refractivity (Wildman–Crippen MR) is 125 cm³/mol. The zero-order valence-corrected chi connectivity index (χ0v) is 20.0. The summed E-state index contributed by atoms with van der Waals surface area (Å²) >= 11 is 6.37. The van der Waals surface area contributed by atoms with E-state index in [-0.39, 0.29) is 21.7 Å². The van der Waals surface area contributed by atoms with E-state index < -0.39 is 9.84 Å². The second kappa shape index (κ2) is 8.57. The Morgan fingerprint density at radius 1 is 1.00 bits per heavy atom. The Morgan fingerprint density at radius 2 is 1.70 bits per heavy atom. The van der Waals surface area contributed by atoms with E-state index in [1.165, 1.54) is 12.1 Å². The number of oxazole rings is 1. The average molecular weight is 489 g/mol. The maximum absolute atomic E-state index is 13.8. The molecule has 0 amide bonds. The number of sulfone groups is 1. The molecule has 5 rings (SSSR count). The summed E-state index contributed by atoms with van der Waals surface area (Å²) in [6.07, 6.45) is 1.08. The SMILES string of the molecule is CC1CC(C)CN(c2oc(-c3ccccc3Cl)nc2S(=O)(=O)c2ccc3c(c2)OCCO3)C1. The van der Waals surface area contributed by atoms with E-state index in [2.05, 4.69) is 18.8 Å². The Bertz CT molecular complexity index is 1280. The van der Waals surface area contributed by atoms with E-state index in [1.807, 2.05) is 11.0 Å². The van der Waals surface area contributed by atoms with Crippen molar-refractivity contribution in [1.29, 1.82) is 0 Å². The lowest BCUT2D eigenvalue weighted by molar-refractivity contribution is 0.171. The number of nitrogens with zero attached hydrogens (tertiary/aromatic N) is 2. The van der Waals surface area contributed by atoms with E-state index in [9.17, 15) is 8.42 Å². The van der Waals surface area contributed by atoms with Gasteiger partial charge < -0.3 is 18.8 Å². The molecule has 2 aliphatic heterocycles. The molecule has 33 heavy (non-hydrogen) atoms. The summed E-state index contributed by atoms with van der Waals surface area (Å²) in [5.41, 5.74) is 0.544. The topological polar surface area (TPSA) is 81.9 Å². The van der Waals surface area contributed by atoms with Crippen molar-refractivity contribution >= 4 is 27.3 Å². The van der Waals surface area contributed by atoms with Crippen molar-refractivity contribution in [3.63, 3.8) is 0 Å². The molecule has 1 fully saturated rings. The number of piperidine rings is 1. The van der Waals surface area contributed by atoms with Crippen LogP contribution < -0.4 is 14.4 Å². The van der Waals surface area contributed by atoms with Crippen LogP contribution in [0.4, 0.5) is 5.88 Å². The third-order valence-electron chi connectivity index (χ3n) is 5.92. The van der Waals surface area contributed by atoms with Crippen molar-refractivity contribution in [2.24, 2.45) is 11.8 Å². The van der Waals surface area contributed by atoms with Gasteiger partial charge in [0.25, 0.3) is 0 Å². The van der Waals surface area contributed by atoms with Gasteiger partial charge in [0, 0.05) is 19.2 Å². The summed E-state index contributed by atoms with van der Waals surface area (Å²) < 4.78 is 44.9. The highest BCUT2D eigenvalue weighted by Gasteiger charge is 2.35. The van der Waals surface area contributed by atoms with Crippen LogP contribution in [0, 0.1) is 11.8 Å². The van der Waals surface area contributed by atoms with Crippen molar-refractivity contribution in [2.75, 3.05) is 31.2 Å². The van der Waals surface area contributed by atoms with Crippen molar-refractivity contribution in [1.82, 2.24) is 4.98 Å². The molecule has 2 aromatic carbocycles. The van der Waals surface area contributed by atoms with Gasteiger partial charge in [-0.2, -0.15) is 4.98 Å². The number of anilines is 1. The van der Waals surface area contributed by atoms with Gasteiger partial charge in [0.1, 0.15) is 13.2 Å². The molecular weight excluding hydrogens is 464 g/mol. The smallest absolute Gasteiger partial charge is 0.236 e. The molecule has 174 valence electrons. The number of hydrogen-bond acceptors (Lipinski definition) is 7. The first-order valence-electron chi connectivity index (χ1n) is 11.0. The second-order valence-corrected chi connectivity index (χ2v) is 11.0. The van der Waals surface area contributed by atoms with Gasteiger partial charge in [-0.05, 0) is 42.5 Å². The van der Waals surface area contributed by atoms with Crippen LogP contribution in [-0.4, -0.2) is 39.7 Å². The quantitative estimate of drug-likeness (QED) is 0.506. The van der Waals surface area contributed by atoms with Crippen molar-refractivity contribution in [3.05, 3.63) is 47.5 Å². The lowest BCUT2D eigenvalue weighted by Gasteiger charge is -2.34. The minimum absolute atomic E-state index is 0.0742. The fourth-order valence-electron chi connectivity index (χ4n) is 4.55. The molecule has 1 aromatic heterocycles. The first-order valence-corrected chi connectivity index (χ1v) is 12.8. The van der Waals surface area contributed by atoms with Gasteiger partial charge in [0.05, 0.1) is 15.5 Å². The highest BCUT2D eigenvalue weighted by Crippen LogP contribution is 2.40. The highest BCUT2D eigenvalue weighted by molar-refractivity contribution is 7.91. The Labute approximate surface area is 198 Å². The maximum Gasteiger partial charge on any atom is 0.236 e. The fourth-order valence-corrected chi connectivity index (χ4v) is 6.11. The number of halogens is 1. The fraction of sp³-hybridized carbons (Fsp3) is 0.375. The first kappa shape index (κ1) is 22.1. The first-order chi connectivity index (χ1) is 15.8. The number of rotatable bonds is 4. The molecule has 0 bridgehead atoms. The molecule has 3 aromatic rings. The van der Waals surface area contributed by atoms with Crippen LogP contribution in [0.5, 0.6) is 11.5 Å². The second-order valence-electron chi connectivity index (χ2n) is 8.77. The lowest BCUT2D eigenvalue weighted by Crippen LogP contribution is -2.39. The zero-order valence-electron chi connectivity index (χ0n) is 18.5. The van der Waals surface area contributed by atoms with E-state index in [0.717, 1.165) is 6.42 Å². The molecule has 1 saturated heterocycles. The summed E-state index contributed by atoms with van der Waals surface area (Å²) in [5.74, 6) is 2.14. The summed E-state index contributed by atoms with van der Waals surface area (Å²) in [5, 5.41) is 0.323. The van der Waals surface area contributed by atoms with Crippen LogP contribution in [0.1, 0.15) is 20.3 Å². The van der Waals surface area contributed by atoms with Gasteiger partial charge in [0.15, 0.2) is 11.5 Å². The summed E-state index contributed by atoms with van der Waals surface area (Å²) in [7, 11) is -4.01. The molecule has 3 heterocycles. The monoisotopic (exact) mass is 488 g/mol. The standard InChI is InChI=1S/C24H25ClN2O5S/c1-15-11-16(2)14-27(13-15)24-23(26-22(32-24)18-5-3-4-6-19(18)25)33(28,29)17-7-8-20-21(12-17)31-10-9-30-20/h3-8,12,15-16H,9-11,13-14H2,1-2H3. The van der Waals surface area contributed by atoms with E-state index in [0.29, 0.717) is 60.2 Å². The Hall–Kier alpha value is -2.71. The molecule has 0 saturated carbocycles. The van der Waals surface area contributed by atoms with Crippen molar-refractivity contribution in [2.45, 2.75) is 30.2 Å². The molecule has 0 N–H and O–H groups in total. The number of benzene rings is 2. The van der Waals surface area contributed by atoms with E-state index >= 15 is 0 Å². The largest absolute Gasteiger partial charge is 0.486 e. The van der Waals surface area contributed by atoms with Crippen LogP contribution in [0.15, 0.2) is 56.8 Å². The maximum atomic E-state index is 13.8. The number of fused-ring (bicyclic) bond motifs is 1. The van der Waals surface area contributed by atoms with Gasteiger partial charge in [-0.1, -0.05) is 37.6 Å². The van der Waals surface area contributed by atoms with E-state index in [4.69, 9.17) is 25.5 Å². The summed E-state index contributed by atoms with van der Waals surface area (Å²) in [4.78, 5) is 6.53. The average Bonchev–Trinajstić information content (AvgIpc) is 3.25. The molecule has 2 aliphatic rings. The zero-order chi connectivity index (χ0) is 23.2. The summed E-state index contributed by atoms with van der Waals surface area (Å²) in [6, 6.07) is 11.7. The van der Waals surface area contributed by atoms with Gasteiger partial charge in [0.2, 0.25) is 26.6 Å². The third-order valence-corrected chi connectivity index (χ3v) is 7.90. The molecule has 9 heteroatoms.